The molecule has 1 aliphatic heterocycles. The van der Waals surface area contributed by atoms with E-state index in [1.165, 1.54) is 6.07 Å². The first kappa shape index (κ1) is 14.6. The molecule has 19 heavy (non-hydrogen) atoms. The van der Waals surface area contributed by atoms with Crippen LogP contribution in [-0.4, -0.2) is 50.2 Å². The number of benzene rings is 1. The highest BCUT2D eigenvalue weighted by Crippen LogP contribution is 2.29. The van der Waals surface area contributed by atoms with E-state index in [-0.39, 0.29) is 11.9 Å². The van der Waals surface area contributed by atoms with Crippen LogP contribution < -0.4 is 4.74 Å². The first-order chi connectivity index (χ1) is 9.22. The van der Waals surface area contributed by atoms with Crippen molar-refractivity contribution in [1.82, 2.24) is 4.90 Å². The largest absolute Gasteiger partial charge is 0.488 e. The Kier molecular flexibility index (Phi) is 5.43. The second kappa shape index (κ2) is 7.08. The Labute approximate surface area is 118 Å². The van der Waals surface area contributed by atoms with E-state index in [1.807, 2.05) is 0 Å². The van der Waals surface area contributed by atoms with Crippen molar-refractivity contribution in [3.8, 4) is 5.75 Å². The summed E-state index contributed by atoms with van der Waals surface area (Å²) in [5, 5.41) is 0. The van der Waals surface area contributed by atoms with Crippen LogP contribution in [0.4, 0.5) is 4.39 Å². The van der Waals surface area contributed by atoms with Gasteiger partial charge in [0, 0.05) is 44.6 Å². The molecule has 3 nitrogen and oxygen atoms in total. The number of hydrogen-bond donors (Lipinski definition) is 0. The van der Waals surface area contributed by atoms with Crippen LogP contribution in [0.3, 0.4) is 0 Å². The Hall–Kier alpha value is -0.840. The molecule has 0 aliphatic carbocycles. The summed E-state index contributed by atoms with van der Waals surface area (Å²) in [5.74, 6) is 1.17. The zero-order valence-electron chi connectivity index (χ0n) is 11.1. The lowest BCUT2D eigenvalue weighted by molar-refractivity contribution is 0.115. The number of nitrogens with zero attached hydrogens (tertiary/aromatic N) is 1. The summed E-state index contributed by atoms with van der Waals surface area (Å²) in [7, 11) is 1.68. The van der Waals surface area contributed by atoms with Crippen LogP contribution in [-0.2, 0) is 11.2 Å². The Morgan fingerprint density at radius 3 is 3.05 bits per heavy atom. The van der Waals surface area contributed by atoms with E-state index in [0.29, 0.717) is 12.5 Å². The SMILES string of the molecule is COCCN(CCCl)CC1Cc2cc(F)ccc2O1. The van der Waals surface area contributed by atoms with Gasteiger partial charge in [-0.25, -0.2) is 4.39 Å². The highest BCUT2D eigenvalue weighted by atomic mass is 35.5. The Morgan fingerprint density at radius 2 is 2.32 bits per heavy atom. The molecule has 5 heteroatoms. The lowest BCUT2D eigenvalue weighted by Gasteiger charge is -2.24. The summed E-state index contributed by atoms with van der Waals surface area (Å²) in [5.41, 5.74) is 0.947. The molecule has 1 heterocycles. The third-order valence-corrected chi connectivity index (χ3v) is 3.41. The number of alkyl halides is 1. The van der Waals surface area contributed by atoms with Crippen molar-refractivity contribution in [3.05, 3.63) is 29.6 Å². The van der Waals surface area contributed by atoms with Gasteiger partial charge in [0.15, 0.2) is 0 Å². The molecule has 0 bridgehead atoms. The van der Waals surface area contributed by atoms with E-state index in [1.54, 1.807) is 19.2 Å². The van der Waals surface area contributed by atoms with E-state index in [4.69, 9.17) is 21.1 Å². The average molecular weight is 288 g/mol. The van der Waals surface area contributed by atoms with Gasteiger partial charge in [0.1, 0.15) is 17.7 Å². The van der Waals surface area contributed by atoms with E-state index in [9.17, 15) is 4.39 Å². The summed E-state index contributed by atoms with van der Waals surface area (Å²) in [6.45, 7) is 3.08. The molecule has 0 amide bonds. The molecule has 0 spiro atoms. The van der Waals surface area contributed by atoms with Crippen molar-refractivity contribution in [2.24, 2.45) is 0 Å². The molecule has 1 atom stereocenters. The van der Waals surface area contributed by atoms with Gasteiger partial charge in [0.2, 0.25) is 0 Å². The first-order valence-electron chi connectivity index (χ1n) is 6.45. The summed E-state index contributed by atoms with van der Waals surface area (Å²) in [6, 6.07) is 4.69. The molecule has 1 aromatic carbocycles. The zero-order valence-corrected chi connectivity index (χ0v) is 11.8. The quantitative estimate of drug-likeness (QED) is 0.719. The van der Waals surface area contributed by atoms with Crippen LogP contribution in [0.1, 0.15) is 5.56 Å². The highest BCUT2D eigenvalue weighted by molar-refractivity contribution is 6.18. The van der Waals surface area contributed by atoms with Crippen molar-refractivity contribution in [3.63, 3.8) is 0 Å². The Morgan fingerprint density at radius 1 is 1.47 bits per heavy atom. The fourth-order valence-electron chi connectivity index (χ4n) is 2.31. The molecule has 2 rings (SSSR count). The Bertz CT molecular complexity index is 416. The molecule has 1 unspecified atom stereocenters. The number of hydrogen-bond acceptors (Lipinski definition) is 3. The lowest BCUT2D eigenvalue weighted by Crippen LogP contribution is -2.38. The number of methoxy groups -OCH3 is 1. The van der Waals surface area contributed by atoms with Crippen LogP contribution in [0.2, 0.25) is 0 Å². The number of rotatable bonds is 7. The summed E-state index contributed by atoms with van der Waals surface area (Å²) >= 11 is 5.80. The van der Waals surface area contributed by atoms with E-state index in [2.05, 4.69) is 4.90 Å². The topological polar surface area (TPSA) is 21.7 Å². The molecular weight excluding hydrogens is 269 g/mol. The van der Waals surface area contributed by atoms with Gasteiger partial charge >= 0.3 is 0 Å². The van der Waals surface area contributed by atoms with Gasteiger partial charge in [-0.1, -0.05) is 0 Å². The maximum Gasteiger partial charge on any atom is 0.123 e. The van der Waals surface area contributed by atoms with Gasteiger partial charge in [-0.05, 0) is 18.2 Å². The third kappa shape index (κ3) is 4.06. The van der Waals surface area contributed by atoms with Crippen molar-refractivity contribution in [1.29, 1.82) is 0 Å². The van der Waals surface area contributed by atoms with Crippen LogP contribution in [0.25, 0.3) is 0 Å². The third-order valence-electron chi connectivity index (χ3n) is 3.24. The molecule has 0 radical (unpaired) electrons. The molecule has 0 N–H and O–H groups in total. The summed E-state index contributed by atoms with van der Waals surface area (Å²) < 4.78 is 24.1. The zero-order chi connectivity index (χ0) is 13.7. The predicted octanol–water partition coefficient (Wildman–Crippen LogP) is 2.32. The van der Waals surface area contributed by atoms with Gasteiger partial charge in [-0.3, -0.25) is 4.90 Å². The molecule has 0 saturated heterocycles. The minimum absolute atomic E-state index is 0.0665. The molecule has 1 aromatic rings. The molecule has 0 aromatic heterocycles. The summed E-state index contributed by atoms with van der Waals surface area (Å²) in [4.78, 5) is 2.21. The van der Waals surface area contributed by atoms with Crippen molar-refractivity contribution < 1.29 is 13.9 Å². The highest BCUT2D eigenvalue weighted by Gasteiger charge is 2.25. The smallest absolute Gasteiger partial charge is 0.123 e. The molecule has 0 saturated carbocycles. The number of halogens is 2. The maximum absolute atomic E-state index is 13.1. The van der Waals surface area contributed by atoms with Crippen LogP contribution in [0.5, 0.6) is 5.75 Å². The predicted molar refractivity (Wildman–Crippen MR) is 73.6 cm³/mol. The van der Waals surface area contributed by atoms with Gasteiger partial charge in [0.05, 0.1) is 6.61 Å². The van der Waals surface area contributed by atoms with Crippen molar-refractivity contribution in [2.75, 3.05) is 39.2 Å². The molecular formula is C14H19ClFNO2. The fraction of sp³-hybridized carbons (Fsp3) is 0.571. The Balaban J connectivity index is 1.90. The first-order valence-corrected chi connectivity index (χ1v) is 6.98. The van der Waals surface area contributed by atoms with Crippen molar-refractivity contribution >= 4 is 11.6 Å². The fourth-order valence-corrected chi connectivity index (χ4v) is 2.55. The normalized spacial score (nSPS) is 17.6. The number of fused-ring (bicyclic) bond motifs is 1. The molecule has 1 aliphatic rings. The van der Waals surface area contributed by atoms with Gasteiger partial charge < -0.3 is 9.47 Å². The van der Waals surface area contributed by atoms with E-state index < -0.39 is 0 Å². The summed E-state index contributed by atoms with van der Waals surface area (Å²) in [6.07, 6.45) is 0.815. The minimum Gasteiger partial charge on any atom is -0.488 e. The van der Waals surface area contributed by atoms with Crippen molar-refractivity contribution in [2.45, 2.75) is 12.5 Å². The number of ether oxygens (including phenoxy) is 2. The average Bonchev–Trinajstić information content (AvgIpc) is 2.77. The van der Waals surface area contributed by atoms with Gasteiger partial charge in [-0.15, -0.1) is 11.6 Å². The standard InChI is InChI=1S/C14H19ClFNO2/c1-18-7-6-17(5-4-15)10-13-9-11-8-12(16)2-3-14(11)19-13/h2-3,8,13H,4-7,9-10H2,1H3. The lowest BCUT2D eigenvalue weighted by atomic mass is 10.1. The van der Waals surface area contributed by atoms with E-state index >= 15 is 0 Å². The van der Waals surface area contributed by atoms with Crippen LogP contribution in [0, 0.1) is 5.82 Å². The minimum atomic E-state index is -0.208. The monoisotopic (exact) mass is 287 g/mol. The maximum atomic E-state index is 13.1. The van der Waals surface area contributed by atoms with Gasteiger partial charge in [-0.2, -0.15) is 0 Å². The van der Waals surface area contributed by atoms with E-state index in [0.717, 1.165) is 37.4 Å². The second-order valence-electron chi connectivity index (χ2n) is 4.68. The van der Waals surface area contributed by atoms with Crippen LogP contribution in [0.15, 0.2) is 18.2 Å². The second-order valence-corrected chi connectivity index (χ2v) is 5.06. The molecule has 0 fully saturated rings. The van der Waals surface area contributed by atoms with Crippen LogP contribution >= 0.6 is 11.6 Å². The van der Waals surface area contributed by atoms with Gasteiger partial charge in [0.25, 0.3) is 0 Å². The molecule has 106 valence electrons.